The summed E-state index contributed by atoms with van der Waals surface area (Å²) in [5.41, 5.74) is 3.37. The number of likely N-dealkylation sites (N-methyl/N-ethyl adjacent to an activating group) is 1. The van der Waals surface area contributed by atoms with Gasteiger partial charge >= 0.3 is 0 Å². The van der Waals surface area contributed by atoms with Crippen LogP contribution in [0.2, 0.25) is 0 Å². The quantitative estimate of drug-likeness (QED) is 0.768. The Labute approximate surface area is 152 Å². The first-order valence-electron chi connectivity index (χ1n) is 8.38. The van der Waals surface area contributed by atoms with Crippen LogP contribution in [0.5, 0.6) is 0 Å². The summed E-state index contributed by atoms with van der Waals surface area (Å²) in [4.78, 5) is 26.1. The molecule has 2 amide bonds. The first-order chi connectivity index (χ1) is 12.5. The molecule has 0 bridgehead atoms. The molecule has 1 heterocycles. The molecule has 0 aliphatic heterocycles. The Morgan fingerprint density at radius 1 is 0.962 bits per heavy atom. The second kappa shape index (κ2) is 7.70. The molecule has 0 aliphatic rings. The number of rotatable bonds is 5. The molecule has 3 aromatic rings. The summed E-state index contributed by atoms with van der Waals surface area (Å²) in [6, 6.07) is 18.7. The van der Waals surface area contributed by atoms with Gasteiger partial charge in [0.25, 0.3) is 5.91 Å². The van der Waals surface area contributed by atoms with Crippen molar-refractivity contribution in [3.63, 3.8) is 0 Å². The van der Waals surface area contributed by atoms with Crippen LogP contribution in [0, 0.1) is 6.92 Å². The van der Waals surface area contributed by atoms with Gasteiger partial charge in [-0.1, -0.05) is 17.7 Å². The van der Waals surface area contributed by atoms with Gasteiger partial charge in [0, 0.05) is 36.4 Å². The maximum atomic E-state index is 12.5. The molecule has 5 nitrogen and oxygen atoms in total. The summed E-state index contributed by atoms with van der Waals surface area (Å²) in [7, 11) is 1.62. The van der Waals surface area contributed by atoms with Crippen LogP contribution < -0.4 is 5.32 Å². The van der Waals surface area contributed by atoms with Gasteiger partial charge in [0.2, 0.25) is 5.91 Å². The van der Waals surface area contributed by atoms with Crippen LogP contribution in [0.3, 0.4) is 0 Å². The van der Waals surface area contributed by atoms with Crippen molar-refractivity contribution in [2.75, 3.05) is 18.9 Å². The molecule has 3 rings (SSSR count). The summed E-state index contributed by atoms with van der Waals surface area (Å²) in [5, 5.41) is 2.80. The lowest BCUT2D eigenvalue weighted by atomic mass is 10.2. The summed E-state index contributed by atoms with van der Waals surface area (Å²) >= 11 is 0. The van der Waals surface area contributed by atoms with E-state index in [2.05, 4.69) is 5.32 Å². The number of anilines is 1. The topological polar surface area (TPSA) is 54.3 Å². The number of hydrogen-bond acceptors (Lipinski definition) is 2. The second-order valence-corrected chi connectivity index (χ2v) is 6.21. The largest absolute Gasteiger partial charge is 0.332 e. The molecule has 26 heavy (non-hydrogen) atoms. The van der Waals surface area contributed by atoms with Crippen LogP contribution in [0.4, 0.5) is 5.69 Å². The van der Waals surface area contributed by atoms with Crippen molar-refractivity contribution in [1.82, 2.24) is 9.47 Å². The Morgan fingerprint density at radius 3 is 2.19 bits per heavy atom. The highest BCUT2D eigenvalue weighted by molar-refractivity contribution is 5.99. The predicted octanol–water partition coefficient (Wildman–Crippen LogP) is 3.50. The van der Waals surface area contributed by atoms with Gasteiger partial charge in [-0.25, -0.2) is 0 Å². The van der Waals surface area contributed by atoms with Gasteiger partial charge < -0.3 is 14.8 Å². The van der Waals surface area contributed by atoms with Crippen molar-refractivity contribution in [2.45, 2.75) is 6.92 Å². The van der Waals surface area contributed by atoms with Gasteiger partial charge in [-0.15, -0.1) is 0 Å². The number of aromatic nitrogens is 1. The number of benzene rings is 2. The van der Waals surface area contributed by atoms with Crippen molar-refractivity contribution in [1.29, 1.82) is 0 Å². The summed E-state index contributed by atoms with van der Waals surface area (Å²) in [6.07, 6.45) is 3.89. The number of carbonyl (C=O) groups excluding carboxylic acids is 2. The zero-order valence-electron chi connectivity index (χ0n) is 14.8. The van der Waals surface area contributed by atoms with E-state index in [1.165, 1.54) is 4.90 Å². The number of aryl methyl sites for hydroxylation is 1. The van der Waals surface area contributed by atoms with Crippen LogP contribution in [-0.2, 0) is 4.79 Å². The zero-order valence-corrected chi connectivity index (χ0v) is 14.8. The molecule has 2 aromatic carbocycles. The monoisotopic (exact) mass is 347 g/mol. The van der Waals surface area contributed by atoms with Crippen LogP contribution in [0.1, 0.15) is 15.9 Å². The van der Waals surface area contributed by atoms with Crippen molar-refractivity contribution >= 4 is 17.5 Å². The average Bonchev–Trinajstić information content (AvgIpc) is 3.18. The Hall–Kier alpha value is -3.34. The van der Waals surface area contributed by atoms with E-state index in [4.69, 9.17) is 0 Å². The summed E-state index contributed by atoms with van der Waals surface area (Å²) in [6.45, 7) is 1.98. The number of hydrogen-bond donors (Lipinski definition) is 1. The van der Waals surface area contributed by atoms with Crippen LogP contribution in [0.15, 0.2) is 73.1 Å². The smallest absolute Gasteiger partial charge is 0.254 e. The molecule has 0 unspecified atom stereocenters. The maximum absolute atomic E-state index is 12.5. The van der Waals surface area contributed by atoms with Crippen molar-refractivity contribution < 1.29 is 9.59 Å². The Morgan fingerprint density at radius 2 is 1.58 bits per heavy atom. The van der Waals surface area contributed by atoms with Gasteiger partial charge in [-0.3, -0.25) is 9.59 Å². The van der Waals surface area contributed by atoms with Crippen molar-refractivity contribution in [3.05, 3.63) is 84.2 Å². The molecule has 1 N–H and O–H groups in total. The van der Waals surface area contributed by atoms with Crippen molar-refractivity contribution in [3.8, 4) is 5.69 Å². The van der Waals surface area contributed by atoms with Gasteiger partial charge in [0.1, 0.15) is 0 Å². The average molecular weight is 347 g/mol. The molecular weight excluding hydrogens is 326 g/mol. The van der Waals surface area contributed by atoms with E-state index in [0.717, 1.165) is 16.9 Å². The normalized spacial score (nSPS) is 10.4. The highest BCUT2D eigenvalue weighted by atomic mass is 16.2. The fourth-order valence-corrected chi connectivity index (χ4v) is 2.63. The van der Waals surface area contributed by atoms with E-state index >= 15 is 0 Å². The van der Waals surface area contributed by atoms with E-state index in [-0.39, 0.29) is 18.4 Å². The molecule has 0 saturated heterocycles. The Balaban J connectivity index is 1.60. The lowest BCUT2D eigenvalue weighted by Crippen LogP contribution is -2.34. The molecule has 0 atom stereocenters. The van der Waals surface area contributed by atoms with E-state index in [0.29, 0.717) is 5.56 Å². The van der Waals surface area contributed by atoms with E-state index in [1.54, 1.807) is 19.2 Å². The van der Waals surface area contributed by atoms with E-state index in [1.807, 2.05) is 72.4 Å². The number of amides is 2. The number of nitrogens with one attached hydrogen (secondary N) is 1. The minimum atomic E-state index is -0.228. The molecule has 1 aromatic heterocycles. The van der Waals surface area contributed by atoms with Crippen molar-refractivity contribution in [2.24, 2.45) is 0 Å². The molecule has 0 radical (unpaired) electrons. The molecule has 5 heteroatoms. The highest BCUT2D eigenvalue weighted by Gasteiger charge is 2.15. The maximum Gasteiger partial charge on any atom is 0.254 e. The van der Waals surface area contributed by atoms with Crippen LogP contribution in [0.25, 0.3) is 5.69 Å². The molecule has 0 saturated carbocycles. The Bertz CT molecular complexity index is 882. The standard InChI is InChI=1S/C21H21N3O2/c1-16-5-9-18(10-6-16)22-20(25)15-23(2)21(26)17-7-11-19(12-8-17)24-13-3-4-14-24/h3-14H,15H2,1-2H3,(H,22,25). The van der Waals surface area contributed by atoms with Crippen LogP contribution >= 0.6 is 0 Å². The Kier molecular flexibility index (Phi) is 5.17. The second-order valence-electron chi connectivity index (χ2n) is 6.21. The van der Waals surface area contributed by atoms with Crippen LogP contribution in [-0.4, -0.2) is 34.9 Å². The SMILES string of the molecule is Cc1ccc(NC(=O)CN(C)C(=O)c2ccc(-n3cccc3)cc2)cc1. The lowest BCUT2D eigenvalue weighted by molar-refractivity contribution is -0.116. The van der Waals surface area contributed by atoms with Gasteiger partial charge in [0.15, 0.2) is 0 Å². The first kappa shape index (κ1) is 17.5. The predicted molar refractivity (Wildman–Crippen MR) is 103 cm³/mol. The fourth-order valence-electron chi connectivity index (χ4n) is 2.63. The number of nitrogens with zero attached hydrogens (tertiary/aromatic N) is 2. The third kappa shape index (κ3) is 4.19. The third-order valence-corrected chi connectivity index (χ3v) is 4.08. The first-order valence-corrected chi connectivity index (χ1v) is 8.38. The third-order valence-electron chi connectivity index (χ3n) is 4.08. The van der Waals surface area contributed by atoms with Gasteiger partial charge in [-0.05, 0) is 55.5 Å². The molecular formula is C21H21N3O2. The number of carbonyl (C=O) groups is 2. The zero-order chi connectivity index (χ0) is 18.5. The minimum Gasteiger partial charge on any atom is -0.332 e. The lowest BCUT2D eigenvalue weighted by Gasteiger charge is -2.17. The van der Waals surface area contributed by atoms with E-state index < -0.39 is 0 Å². The fraction of sp³-hybridized carbons (Fsp3) is 0.143. The minimum absolute atomic E-state index is 0.00788. The molecule has 0 fully saturated rings. The van der Waals surface area contributed by atoms with Gasteiger partial charge in [-0.2, -0.15) is 0 Å². The molecule has 0 spiro atoms. The molecule has 0 aliphatic carbocycles. The summed E-state index contributed by atoms with van der Waals surface area (Å²) in [5.74, 6) is -0.420. The highest BCUT2D eigenvalue weighted by Crippen LogP contribution is 2.12. The van der Waals surface area contributed by atoms with Gasteiger partial charge in [0.05, 0.1) is 6.54 Å². The summed E-state index contributed by atoms with van der Waals surface area (Å²) < 4.78 is 1.97. The molecule has 132 valence electrons. The van der Waals surface area contributed by atoms with E-state index in [9.17, 15) is 9.59 Å².